The van der Waals surface area contributed by atoms with Gasteiger partial charge < -0.3 is 11.1 Å². The van der Waals surface area contributed by atoms with Crippen molar-refractivity contribution < 1.29 is 4.39 Å². The van der Waals surface area contributed by atoms with Crippen LogP contribution >= 0.6 is 11.6 Å². The maximum Gasteiger partial charge on any atom is 0.141 e. The minimum atomic E-state index is -0.471. The van der Waals surface area contributed by atoms with Gasteiger partial charge in [-0.3, -0.25) is 4.90 Å². The summed E-state index contributed by atoms with van der Waals surface area (Å²) in [5, 5.41) is 3.21. The van der Waals surface area contributed by atoms with Crippen LogP contribution in [0.5, 0.6) is 0 Å². The Morgan fingerprint density at radius 1 is 1.24 bits per heavy atom. The molecule has 0 amide bonds. The SMILES string of the molecule is CNc1cc(CN2CCCC2)ccc1C(N)=Nc1ccc(F)c(Cl)c1. The van der Waals surface area contributed by atoms with E-state index in [1.165, 1.54) is 30.5 Å². The molecule has 3 rings (SSSR count). The maximum atomic E-state index is 13.3. The molecule has 0 bridgehead atoms. The summed E-state index contributed by atoms with van der Waals surface area (Å²) in [4.78, 5) is 6.82. The second kappa shape index (κ2) is 7.85. The first-order valence-electron chi connectivity index (χ1n) is 8.39. The van der Waals surface area contributed by atoms with Crippen molar-refractivity contribution in [3.8, 4) is 0 Å². The van der Waals surface area contributed by atoms with Crippen LogP contribution in [0.25, 0.3) is 0 Å². The largest absolute Gasteiger partial charge is 0.388 e. The fourth-order valence-electron chi connectivity index (χ4n) is 3.07. The fraction of sp³-hybridized carbons (Fsp3) is 0.316. The van der Waals surface area contributed by atoms with Crippen molar-refractivity contribution in [3.05, 3.63) is 58.4 Å². The van der Waals surface area contributed by atoms with E-state index in [0.717, 1.165) is 30.9 Å². The Labute approximate surface area is 152 Å². The van der Waals surface area contributed by atoms with Gasteiger partial charge in [-0.15, -0.1) is 0 Å². The van der Waals surface area contributed by atoms with Gasteiger partial charge in [-0.25, -0.2) is 9.38 Å². The summed E-state index contributed by atoms with van der Waals surface area (Å²) in [6, 6.07) is 10.5. The van der Waals surface area contributed by atoms with Crippen molar-refractivity contribution in [2.45, 2.75) is 19.4 Å². The van der Waals surface area contributed by atoms with Crippen molar-refractivity contribution in [2.24, 2.45) is 10.7 Å². The van der Waals surface area contributed by atoms with E-state index >= 15 is 0 Å². The Morgan fingerprint density at radius 3 is 2.68 bits per heavy atom. The number of nitrogens with zero attached hydrogens (tertiary/aromatic N) is 2. The molecule has 0 unspecified atom stereocenters. The van der Waals surface area contributed by atoms with E-state index in [-0.39, 0.29) is 5.02 Å². The van der Waals surface area contributed by atoms with Gasteiger partial charge in [-0.1, -0.05) is 17.7 Å². The number of hydrogen-bond donors (Lipinski definition) is 2. The Hall–Kier alpha value is -2.11. The molecule has 2 aromatic carbocycles. The Balaban J connectivity index is 1.84. The molecular formula is C19H22ClFN4. The summed E-state index contributed by atoms with van der Waals surface area (Å²) in [5.41, 5.74) is 9.67. The molecule has 4 nitrogen and oxygen atoms in total. The highest BCUT2D eigenvalue weighted by Crippen LogP contribution is 2.24. The Bertz CT molecular complexity index is 785. The molecule has 0 saturated carbocycles. The number of anilines is 1. The number of likely N-dealkylation sites (tertiary alicyclic amines) is 1. The van der Waals surface area contributed by atoms with Gasteiger partial charge in [0.05, 0.1) is 10.7 Å². The lowest BCUT2D eigenvalue weighted by atomic mass is 10.1. The van der Waals surface area contributed by atoms with Crippen LogP contribution in [0.1, 0.15) is 24.0 Å². The van der Waals surface area contributed by atoms with Crippen molar-refractivity contribution in [2.75, 3.05) is 25.5 Å². The fourth-order valence-corrected chi connectivity index (χ4v) is 3.25. The van der Waals surface area contributed by atoms with Gasteiger partial charge in [0, 0.05) is 24.8 Å². The van der Waals surface area contributed by atoms with Crippen LogP contribution in [0.2, 0.25) is 5.02 Å². The van der Waals surface area contributed by atoms with Gasteiger partial charge in [0.1, 0.15) is 11.7 Å². The molecule has 25 heavy (non-hydrogen) atoms. The zero-order valence-electron chi connectivity index (χ0n) is 14.2. The summed E-state index contributed by atoms with van der Waals surface area (Å²) >= 11 is 5.80. The van der Waals surface area contributed by atoms with Gasteiger partial charge >= 0.3 is 0 Å². The van der Waals surface area contributed by atoms with Crippen LogP contribution in [0.4, 0.5) is 15.8 Å². The molecule has 3 N–H and O–H groups in total. The molecule has 1 aliphatic rings. The molecule has 0 aliphatic carbocycles. The summed E-state index contributed by atoms with van der Waals surface area (Å²) in [6.45, 7) is 3.26. The number of nitrogens with one attached hydrogen (secondary N) is 1. The minimum absolute atomic E-state index is 0.0313. The lowest BCUT2D eigenvalue weighted by Crippen LogP contribution is -2.19. The number of nitrogens with two attached hydrogens (primary N) is 1. The molecule has 0 aromatic heterocycles. The van der Waals surface area contributed by atoms with E-state index in [0.29, 0.717) is 11.5 Å². The predicted octanol–water partition coefficient (Wildman–Crippen LogP) is 4.15. The van der Waals surface area contributed by atoms with Gasteiger partial charge in [0.15, 0.2) is 0 Å². The van der Waals surface area contributed by atoms with Crippen molar-refractivity contribution >= 4 is 28.8 Å². The molecular weight excluding hydrogens is 339 g/mol. The third kappa shape index (κ3) is 4.30. The third-order valence-electron chi connectivity index (χ3n) is 4.39. The van der Waals surface area contributed by atoms with Crippen molar-refractivity contribution in [3.63, 3.8) is 0 Å². The molecule has 6 heteroatoms. The topological polar surface area (TPSA) is 53.6 Å². The van der Waals surface area contributed by atoms with Crippen molar-refractivity contribution in [1.29, 1.82) is 0 Å². The highest BCUT2D eigenvalue weighted by molar-refractivity contribution is 6.31. The van der Waals surface area contributed by atoms with Crippen LogP contribution in [0.3, 0.4) is 0 Å². The summed E-state index contributed by atoms with van der Waals surface area (Å²) in [5.74, 6) is -0.110. The first-order valence-corrected chi connectivity index (χ1v) is 8.77. The number of hydrogen-bond acceptors (Lipinski definition) is 3. The molecule has 0 spiro atoms. The predicted molar refractivity (Wildman–Crippen MR) is 102 cm³/mol. The number of rotatable bonds is 5. The average Bonchev–Trinajstić information content (AvgIpc) is 3.11. The monoisotopic (exact) mass is 360 g/mol. The highest BCUT2D eigenvalue weighted by atomic mass is 35.5. The summed E-state index contributed by atoms with van der Waals surface area (Å²) < 4.78 is 13.3. The molecule has 1 aliphatic heterocycles. The molecule has 0 radical (unpaired) electrons. The molecule has 132 valence electrons. The number of aliphatic imine (C=N–C) groups is 1. The van der Waals surface area contributed by atoms with Gasteiger partial charge in [-0.05, 0) is 61.8 Å². The molecule has 1 heterocycles. The molecule has 0 atom stereocenters. The second-order valence-electron chi connectivity index (χ2n) is 6.21. The molecule has 1 fully saturated rings. The van der Waals surface area contributed by atoms with E-state index < -0.39 is 5.82 Å². The van der Waals surface area contributed by atoms with Gasteiger partial charge in [0.2, 0.25) is 0 Å². The zero-order chi connectivity index (χ0) is 17.8. The smallest absolute Gasteiger partial charge is 0.141 e. The summed E-state index contributed by atoms with van der Waals surface area (Å²) in [7, 11) is 1.86. The van der Waals surface area contributed by atoms with Crippen LogP contribution in [-0.2, 0) is 6.54 Å². The number of halogens is 2. The zero-order valence-corrected chi connectivity index (χ0v) is 15.0. The van der Waals surface area contributed by atoms with E-state index in [1.807, 2.05) is 13.1 Å². The lowest BCUT2D eigenvalue weighted by molar-refractivity contribution is 0.331. The van der Waals surface area contributed by atoms with Crippen LogP contribution < -0.4 is 11.1 Å². The Morgan fingerprint density at radius 2 is 2.00 bits per heavy atom. The third-order valence-corrected chi connectivity index (χ3v) is 4.68. The number of benzene rings is 2. The summed E-state index contributed by atoms with van der Waals surface area (Å²) in [6.07, 6.45) is 2.55. The van der Waals surface area contributed by atoms with Crippen LogP contribution in [0, 0.1) is 5.82 Å². The van der Waals surface area contributed by atoms with Crippen molar-refractivity contribution in [1.82, 2.24) is 4.90 Å². The first-order chi connectivity index (χ1) is 12.1. The van der Waals surface area contributed by atoms with E-state index in [1.54, 1.807) is 6.07 Å². The quantitative estimate of drug-likeness (QED) is 0.622. The van der Waals surface area contributed by atoms with Crippen LogP contribution in [-0.4, -0.2) is 30.9 Å². The van der Waals surface area contributed by atoms with E-state index in [9.17, 15) is 4.39 Å². The van der Waals surface area contributed by atoms with Crippen LogP contribution in [0.15, 0.2) is 41.4 Å². The first kappa shape index (κ1) is 17.7. The number of amidine groups is 1. The molecule has 1 saturated heterocycles. The lowest BCUT2D eigenvalue weighted by Gasteiger charge is -2.17. The normalized spacial score (nSPS) is 15.6. The standard InChI is InChI=1S/C19H22ClFN4/c1-23-18-10-13(12-25-8-2-3-9-25)4-6-15(18)19(22)24-14-5-7-17(21)16(20)11-14/h4-7,10-11,23H,2-3,8-9,12H2,1H3,(H2,22,24). The van der Waals surface area contributed by atoms with Gasteiger partial charge in [0.25, 0.3) is 0 Å². The molecule has 2 aromatic rings. The van der Waals surface area contributed by atoms with E-state index in [2.05, 4.69) is 27.3 Å². The van der Waals surface area contributed by atoms with E-state index in [4.69, 9.17) is 17.3 Å². The minimum Gasteiger partial charge on any atom is -0.388 e. The highest BCUT2D eigenvalue weighted by Gasteiger charge is 2.13. The maximum absolute atomic E-state index is 13.3. The second-order valence-corrected chi connectivity index (χ2v) is 6.62. The van der Waals surface area contributed by atoms with Gasteiger partial charge in [-0.2, -0.15) is 0 Å². The Kier molecular flexibility index (Phi) is 5.56. The average molecular weight is 361 g/mol.